The SMILES string of the molecule is Cc1nc2c(CCCCS(=O)(=O)O)cccc2s1. The van der Waals surface area contributed by atoms with Gasteiger partial charge in [0.2, 0.25) is 0 Å². The molecule has 0 bridgehead atoms. The summed E-state index contributed by atoms with van der Waals surface area (Å²) in [6.45, 7) is 1.98. The lowest BCUT2D eigenvalue weighted by molar-refractivity contribution is 0.480. The first-order chi connectivity index (χ1) is 8.46. The lowest BCUT2D eigenvalue weighted by atomic mass is 10.1. The summed E-state index contributed by atoms with van der Waals surface area (Å²) in [5, 5.41) is 1.04. The molecule has 0 saturated heterocycles. The first-order valence-corrected chi connectivity index (χ1v) is 8.18. The van der Waals surface area contributed by atoms with Crippen LogP contribution in [0.3, 0.4) is 0 Å². The highest BCUT2D eigenvalue weighted by Gasteiger charge is 2.07. The van der Waals surface area contributed by atoms with E-state index in [-0.39, 0.29) is 5.75 Å². The van der Waals surface area contributed by atoms with Crippen LogP contribution in [0.25, 0.3) is 10.2 Å². The van der Waals surface area contributed by atoms with Crippen LogP contribution in [0.5, 0.6) is 0 Å². The van der Waals surface area contributed by atoms with Crippen LogP contribution in [0.15, 0.2) is 18.2 Å². The average Bonchev–Trinajstić information content (AvgIpc) is 2.64. The number of hydrogen-bond donors (Lipinski definition) is 1. The van der Waals surface area contributed by atoms with Crippen LogP contribution in [-0.2, 0) is 16.5 Å². The van der Waals surface area contributed by atoms with Crippen molar-refractivity contribution >= 4 is 31.7 Å². The zero-order valence-electron chi connectivity index (χ0n) is 10.1. The summed E-state index contributed by atoms with van der Waals surface area (Å²) in [5.41, 5.74) is 2.17. The number of fused-ring (bicyclic) bond motifs is 1. The molecule has 6 heteroatoms. The largest absolute Gasteiger partial charge is 0.286 e. The van der Waals surface area contributed by atoms with E-state index < -0.39 is 10.1 Å². The number of unbranched alkanes of at least 4 members (excludes halogenated alkanes) is 1. The van der Waals surface area contributed by atoms with Crippen molar-refractivity contribution in [2.24, 2.45) is 0 Å². The molecule has 1 aromatic heterocycles. The highest BCUT2D eigenvalue weighted by molar-refractivity contribution is 7.85. The van der Waals surface area contributed by atoms with E-state index in [0.29, 0.717) is 6.42 Å². The maximum Gasteiger partial charge on any atom is 0.264 e. The van der Waals surface area contributed by atoms with E-state index in [1.165, 1.54) is 4.70 Å². The summed E-state index contributed by atoms with van der Waals surface area (Å²) in [5.74, 6) is -0.168. The molecule has 18 heavy (non-hydrogen) atoms. The number of aromatic nitrogens is 1. The van der Waals surface area contributed by atoms with Gasteiger partial charge in [0.25, 0.3) is 10.1 Å². The minimum atomic E-state index is -3.83. The van der Waals surface area contributed by atoms with Gasteiger partial charge in [-0.25, -0.2) is 4.98 Å². The second-order valence-electron chi connectivity index (χ2n) is 4.24. The first kappa shape index (κ1) is 13.5. The smallest absolute Gasteiger partial charge is 0.264 e. The molecule has 0 saturated carbocycles. The Bertz CT molecular complexity index is 646. The lowest BCUT2D eigenvalue weighted by Gasteiger charge is -2.02. The monoisotopic (exact) mass is 285 g/mol. The van der Waals surface area contributed by atoms with Crippen LogP contribution in [0.4, 0.5) is 0 Å². The molecule has 1 N–H and O–H groups in total. The maximum absolute atomic E-state index is 10.6. The molecule has 0 spiro atoms. The van der Waals surface area contributed by atoms with Crippen molar-refractivity contribution in [3.05, 3.63) is 28.8 Å². The summed E-state index contributed by atoms with van der Waals surface area (Å²) in [6.07, 6.45) is 1.99. The molecule has 0 unspecified atom stereocenters. The highest BCUT2D eigenvalue weighted by Crippen LogP contribution is 2.25. The maximum atomic E-state index is 10.6. The number of thiazole rings is 1. The van der Waals surface area contributed by atoms with Crippen LogP contribution in [0.1, 0.15) is 23.4 Å². The molecule has 1 aromatic carbocycles. The number of para-hydroxylation sites is 1. The van der Waals surface area contributed by atoms with Gasteiger partial charge in [-0.1, -0.05) is 12.1 Å². The van der Waals surface area contributed by atoms with Crippen molar-refractivity contribution < 1.29 is 13.0 Å². The number of rotatable bonds is 5. The third-order valence-electron chi connectivity index (χ3n) is 2.71. The Kier molecular flexibility index (Phi) is 3.99. The quantitative estimate of drug-likeness (QED) is 0.677. The van der Waals surface area contributed by atoms with Gasteiger partial charge in [0.05, 0.1) is 21.0 Å². The third kappa shape index (κ3) is 3.51. The molecule has 98 valence electrons. The molecule has 0 aliphatic heterocycles. The molecule has 2 rings (SSSR count). The van der Waals surface area contributed by atoms with Gasteiger partial charge in [-0.05, 0) is 37.8 Å². The fourth-order valence-electron chi connectivity index (χ4n) is 1.92. The highest BCUT2D eigenvalue weighted by atomic mass is 32.2. The second kappa shape index (κ2) is 5.34. The fraction of sp³-hybridized carbons (Fsp3) is 0.417. The summed E-state index contributed by atoms with van der Waals surface area (Å²) < 4.78 is 31.0. The fourth-order valence-corrected chi connectivity index (χ4v) is 3.36. The predicted molar refractivity (Wildman–Crippen MR) is 73.7 cm³/mol. The van der Waals surface area contributed by atoms with E-state index in [2.05, 4.69) is 4.98 Å². The topological polar surface area (TPSA) is 67.3 Å². The van der Waals surface area contributed by atoms with E-state index in [1.54, 1.807) is 11.3 Å². The normalized spacial score (nSPS) is 12.1. The summed E-state index contributed by atoms with van der Waals surface area (Å²) in [7, 11) is -3.83. The van der Waals surface area contributed by atoms with Gasteiger partial charge >= 0.3 is 0 Å². The van der Waals surface area contributed by atoms with Crippen molar-refractivity contribution in [2.75, 3.05) is 5.75 Å². The molecule has 2 aromatic rings. The van der Waals surface area contributed by atoms with Crippen LogP contribution >= 0.6 is 11.3 Å². The third-order valence-corrected chi connectivity index (χ3v) is 4.45. The minimum Gasteiger partial charge on any atom is -0.286 e. The van der Waals surface area contributed by atoms with Crippen LogP contribution in [0.2, 0.25) is 0 Å². The van der Waals surface area contributed by atoms with E-state index in [9.17, 15) is 8.42 Å². The minimum absolute atomic E-state index is 0.168. The van der Waals surface area contributed by atoms with Crippen molar-refractivity contribution in [3.63, 3.8) is 0 Å². The van der Waals surface area contributed by atoms with Crippen LogP contribution in [-0.4, -0.2) is 23.7 Å². The number of benzene rings is 1. The molecule has 1 heterocycles. The molecule has 0 amide bonds. The Labute approximate surface area is 110 Å². The summed E-state index contributed by atoms with van der Waals surface area (Å²) >= 11 is 1.66. The van der Waals surface area contributed by atoms with Crippen LogP contribution in [0, 0.1) is 6.92 Å². The predicted octanol–water partition coefficient (Wildman–Crippen LogP) is 2.82. The summed E-state index contributed by atoms with van der Waals surface area (Å²) in [6, 6.07) is 6.06. The zero-order valence-corrected chi connectivity index (χ0v) is 11.7. The van der Waals surface area contributed by atoms with Gasteiger partial charge in [0, 0.05) is 0 Å². The van der Waals surface area contributed by atoms with Gasteiger partial charge in [0.15, 0.2) is 0 Å². The molecular formula is C12H15NO3S2. The lowest BCUT2D eigenvalue weighted by Crippen LogP contribution is -2.04. The Morgan fingerprint density at radius 2 is 2.11 bits per heavy atom. The molecule has 0 atom stereocenters. The van der Waals surface area contributed by atoms with E-state index in [4.69, 9.17) is 4.55 Å². The standard InChI is InChI=1S/C12H15NO3S2/c1-9-13-12-10(6-4-7-11(12)17-9)5-2-3-8-18(14,15)16/h4,6-7H,2-3,5,8H2,1H3,(H,14,15,16). The van der Waals surface area contributed by atoms with E-state index in [0.717, 1.165) is 28.9 Å². The number of aryl methyl sites for hydroxylation is 2. The molecule has 4 nitrogen and oxygen atoms in total. The van der Waals surface area contributed by atoms with Crippen LogP contribution < -0.4 is 0 Å². The van der Waals surface area contributed by atoms with Crippen molar-refractivity contribution in [2.45, 2.75) is 26.2 Å². The molecular weight excluding hydrogens is 270 g/mol. The zero-order chi connectivity index (χ0) is 13.2. The van der Waals surface area contributed by atoms with Crippen molar-refractivity contribution in [1.82, 2.24) is 4.98 Å². The summed E-state index contributed by atoms with van der Waals surface area (Å²) in [4.78, 5) is 4.49. The number of nitrogens with zero attached hydrogens (tertiary/aromatic N) is 1. The van der Waals surface area contributed by atoms with Gasteiger partial charge in [-0.15, -0.1) is 11.3 Å². The second-order valence-corrected chi connectivity index (χ2v) is 7.05. The van der Waals surface area contributed by atoms with Gasteiger partial charge < -0.3 is 0 Å². The van der Waals surface area contributed by atoms with Gasteiger partial charge in [0.1, 0.15) is 0 Å². The van der Waals surface area contributed by atoms with Gasteiger partial charge in [-0.2, -0.15) is 8.42 Å². The Hall–Kier alpha value is -0.980. The van der Waals surface area contributed by atoms with E-state index in [1.807, 2.05) is 25.1 Å². The van der Waals surface area contributed by atoms with Crippen molar-refractivity contribution in [1.29, 1.82) is 0 Å². The molecule has 0 aliphatic carbocycles. The molecule has 0 aliphatic rings. The Balaban J connectivity index is 2.03. The Morgan fingerprint density at radius 1 is 1.33 bits per heavy atom. The molecule has 0 fully saturated rings. The molecule has 0 radical (unpaired) electrons. The Morgan fingerprint density at radius 3 is 2.83 bits per heavy atom. The number of hydrogen-bond acceptors (Lipinski definition) is 4. The van der Waals surface area contributed by atoms with Crippen molar-refractivity contribution in [3.8, 4) is 0 Å². The first-order valence-electron chi connectivity index (χ1n) is 5.76. The average molecular weight is 285 g/mol. The van der Waals surface area contributed by atoms with Gasteiger partial charge in [-0.3, -0.25) is 4.55 Å². The van der Waals surface area contributed by atoms with E-state index >= 15 is 0 Å².